The van der Waals surface area contributed by atoms with E-state index >= 15 is 0 Å². The summed E-state index contributed by atoms with van der Waals surface area (Å²) in [6.07, 6.45) is 1.39. The van der Waals surface area contributed by atoms with Crippen molar-refractivity contribution in [3.8, 4) is 5.75 Å². The quantitative estimate of drug-likeness (QED) is 0.810. The lowest BCUT2D eigenvalue weighted by molar-refractivity contribution is -0.122. The maximum atomic E-state index is 12.3. The number of carbonyl (C=O) groups is 1. The molecule has 1 saturated heterocycles. The predicted octanol–water partition coefficient (Wildman–Crippen LogP) is 2.75. The Morgan fingerprint density at radius 1 is 1.45 bits per heavy atom. The average Bonchev–Trinajstić information content (AvgIpc) is 2.54. The molecular formula is C17H26N2O2S. The number of benzene rings is 1. The zero-order valence-electron chi connectivity index (χ0n) is 13.4. The van der Waals surface area contributed by atoms with Crippen LogP contribution in [0.1, 0.15) is 38.3 Å². The minimum atomic E-state index is 0.00601. The second-order valence-electron chi connectivity index (χ2n) is 5.43. The molecule has 5 heteroatoms. The van der Waals surface area contributed by atoms with Crippen molar-refractivity contribution in [3.05, 3.63) is 29.8 Å². The van der Waals surface area contributed by atoms with Crippen LogP contribution in [0.5, 0.6) is 5.75 Å². The fourth-order valence-corrected chi connectivity index (χ4v) is 3.63. The van der Waals surface area contributed by atoms with Crippen LogP contribution in [0.4, 0.5) is 0 Å². The van der Waals surface area contributed by atoms with Crippen molar-refractivity contribution in [1.29, 1.82) is 0 Å². The maximum absolute atomic E-state index is 12.3. The number of ether oxygens (including phenoxy) is 1. The Morgan fingerprint density at radius 2 is 2.27 bits per heavy atom. The van der Waals surface area contributed by atoms with Crippen molar-refractivity contribution in [2.45, 2.75) is 38.8 Å². The van der Waals surface area contributed by atoms with Crippen LogP contribution < -0.4 is 15.4 Å². The summed E-state index contributed by atoms with van der Waals surface area (Å²) in [7, 11) is 0. The molecule has 1 aromatic rings. The Hall–Kier alpha value is -1.20. The Kier molecular flexibility index (Phi) is 7.06. The summed E-state index contributed by atoms with van der Waals surface area (Å²) in [6.45, 7) is 5.68. The highest BCUT2D eigenvalue weighted by Crippen LogP contribution is 2.27. The molecule has 0 aliphatic carbocycles. The van der Waals surface area contributed by atoms with Gasteiger partial charge in [-0.15, -0.1) is 0 Å². The summed E-state index contributed by atoms with van der Waals surface area (Å²) in [5, 5.41) is 6.57. The van der Waals surface area contributed by atoms with Gasteiger partial charge < -0.3 is 15.4 Å². The average molecular weight is 322 g/mol. The van der Waals surface area contributed by atoms with E-state index in [-0.39, 0.29) is 11.9 Å². The normalized spacial score (nSPS) is 19.5. The Morgan fingerprint density at radius 3 is 2.95 bits per heavy atom. The third-order valence-electron chi connectivity index (χ3n) is 3.77. The van der Waals surface area contributed by atoms with Crippen molar-refractivity contribution in [2.24, 2.45) is 0 Å². The first-order valence-corrected chi connectivity index (χ1v) is 9.22. The van der Waals surface area contributed by atoms with Gasteiger partial charge in [-0.2, -0.15) is 11.8 Å². The highest BCUT2D eigenvalue weighted by Gasteiger charge is 2.20. The fraction of sp³-hybridized carbons (Fsp3) is 0.588. The van der Waals surface area contributed by atoms with Crippen LogP contribution in [-0.2, 0) is 4.79 Å². The van der Waals surface area contributed by atoms with Gasteiger partial charge in [0.25, 0.3) is 0 Å². The number of nitrogens with one attached hydrogen (secondary N) is 2. The van der Waals surface area contributed by atoms with Gasteiger partial charge in [-0.25, -0.2) is 0 Å². The Bertz CT molecular complexity index is 475. The van der Waals surface area contributed by atoms with E-state index in [1.807, 2.05) is 43.0 Å². The molecule has 2 unspecified atom stereocenters. The number of thioether (sulfide) groups is 1. The van der Waals surface area contributed by atoms with Crippen LogP contribution in [0, 0.1) is 0 Å². The number of rotatable bonds is 7. The van der Waals surface area contributed by atoms with Crippen molar-refractivity contribution in [1.82, 2.24) is 10.6 Å². The zero-order chi connectivity index (χ0) is 15.8. The minimum Gasteiger partial charge on any atom is -0.494 e. The standard InChI is InChI=1S/C17H26N2O2S/c1-3-15(14-7-5-6-8-16(14)21-4-2)19-17(20)11-13-12-22-10-9-18-13/h5-8,13,15,18H,3-4,9-12H2,1-2H3,(H,19,20). The monoisotopic (exact) mass is 322 g/mol. The van der Waals surface area contributed by atoms with Gasteiger partial charge in [0.15, 0.2) is 0 Å². The van der Waals surface area contributed by atoms with E-state index < -0.39 is 0 Å². The molecule has 0 saturated carbocycles. The molecule has 122 valence electrons. The summed E-state index contributed by atoms with van der Waals surface area (Å²) in [4.78, 5) is 12.3. The summed E-state index contributed by atoms with van der Waals surface area (Å²) >= 11 is 1.91. The number of hydrogen-bond acceptors (Lipinski definition) is 4. The maximum Gasteiger partial charge on any atom is 0.222 e. The van der Waals surface area contributed by atoms with E-state index in [0.717, 1.165) is 35.8 Å². The number of para-hydroxylation sites is 1. The lowest BCUT2D eigenvalue weighted by atomic mass is 10.0. The number of carbonyl (C=O) groups excluding carboxylic acids is 1. The van der Waals surface area contributed by atoms with Crippen LogP contribution in [0.2, 0.25) is 0 Å². The van der Waals surface area contributed by atoms with Gasteiger partial charge in [0, 0.05) is 36.1 Å². The van der Waals surface area contributed by atoms with Crippen LogP contribution in [-0.4, -0.2) is 36.6 Å². The van der Waals surface area contributed by atoms with Crippen LogP contribution in [0.15, 0.2) is 24.3 Å². The van der Waals surface area contributed by atoms with E-state index in [9.17, 15) is 4.79 Å². The zero-order valence-corrected chi connectivity index (χ0v) is 14.2. The molecule has 0 aromatic heterocycles. The van der Waals surface area contributed by atoms with Crippen molar-refractivity contribution < 1.29 is 9.53 Å². The highest BCUT2D eigenvalue weighted by molar-refractivity contribution is 7.99. The van der Waals surface area contributed by atoms with Gasteiger partial charge in [-0.05, 0) is 19.4 Å². The Balaban J connectivity index is 1.97. The first kappa shape index (κ1) is 17.2. The van der Waals surface area contributed by atoms with Crippen LogP contribution >= 0.6 is 11.8 Å². The molecule has 1 aromatic carbocycles. The van der Waals surface area contributed by atoms with Crippen LogP contribution in [0.3, 0.4) is 0 Å². The second-order valence-corrected chi connectivity index (χ2v) is 6.58. The molecule has 22 heavy (non-hydrogen) atoms. The van der Waals surface area contributed by atoms with Gasteiger partial charge in [0.2, 0.25) is 5.91 Å². The van der Waals surface area contributed by atoms with Crippen molar-refractivity contribution >= 4 is 17.7 Å². The molecule has 2 rings (SSSR count). The topological polar surface area (TPSA) is 50.4 Å². The van der Waals surface area contributed by atoms with E-state index in [4.69, 9.17) is 4.74 Å². The SMILES string of the molecule is CCOc1ccccc1C(CC)NC(=O)CC1CSCCN1. The van der Waals surface area contributed by atoms with Gasteiger partial charge >= 0.3 is 0 Å². The molecule has 2 N–H and O–H groups in total. The smallest absolute Gasteiger partial charge is 0.222 e. The second kappa shape index (κ2) is 9.06. The predicted molar refractivity (Wildman–Crippen MR) is 92.5 cm³/mol. The molecule has 0 bridgehead atoms. The fourth-order valence-electron chi connectivity index (χ4n) is 2.68. The third-order valence-corrected chi connectivity index (χ3v) is 4.90. The van der Waals surface area contributed by atoms with Gasteiger partial charge in [-0.3, -0.25) is 4.79 Å². The molecule has 1 fully saturated rings. The minimum absolute atomic E-state index is 0.00601. The molecule has 0 radical (unpaired) electrons. The summed E-state index contributed by atoms with van der Waals surface area (Å²) < 4.78 is 5.68. The van der Waals surface area contributed by atoms with E-state index in [1.165, 1.54) is 0 Å². The molecule has 0 spiro atoms. The molecule has 1 heterocycles. The Labute approximate surface area is 137 Å². The summed E-state index contributed by atoms with van der Waals surface area (Å²) in [5.41, 5.74) is 1.06. The molecule has 1 aliphatic heterocycles. The van der Waals surface area contributed by atoms with Gasteiger partial charge in [-0.1, -0.05) is 25.1 Å². The van der Waals surface area contributed by atoms with Gasteiger partial charge in [0.1, 0.15) is 5.75 Å². The first-order chi connectivity index (χ1) is 10.7. The van der Waals surface area contributed by atoms with Crippen LogP contribution in [0.25, 0.3) is 0 Å². The van der Waals surface area contributed by atoms with E-state index in [1.54, 1.807) is 0 Å². The highest BCUT2D eigenvalue weighted by atomic mass is 32.2. The molecule has 1 aliphatic rings. The largest absolute Gasteiger partial charge is 0.494 e. The summed E-state index contributed by atoms with van der Waals surface area (Å²) in [6, 6.07) is 8.25. The van der Waals surface area contributed by atoms with Crippen molar-refractivity contribution in [2.75, 3.05) is 24.7 Å². The molecular weight excluding hydrogens is 296 g/mol. The molecule has 2 atom stereocenters. The lowest BCUT2D eigenvalue weighted by Crippen LogP contribution is -2.42. The number of amides is 1. The third kappa shape index (κ3) is 4.92. The van der Waals surface area contributed by atoms with Gasteiger partial charge in [0.05, 0.1) is 12.6 Å². The van der Waals surface area contributed by atoms with E-state index in [0.29, 0.717) is 19.1 Å². The van der Waals surface area contributed by atoms with Crippen molar-refractivity contribution in [3.63, 3.8) is 0 Å². The first-order valence-electron chi connectivity index (χ1n) is 8.06. The summed E-state index contributed by atoms with van der Waals surface area (Å²) in [5.74, 6) is 3.12. The lowest BCUT2D eigenvalue weighted by Gasteiger charge is -2.25. The van der Waals surface area contributed by atoms with E-state index in [2.05, 4.69) is 17.6 Å². The molecule has 4 nitrogen and oxygen atoms in total. The number of hydrogen-bond donors (Lipinski definition) is 2. The molecule has 1 amide bonds.